The quantitative estimate of drug-likeness (QED) is 0.584. The van der Waals surface area contributed by atoms with Gasteiger partial charge in [-0.15, -0.1) is 0 Å². The fourth-order valence-corrected chi connectivity index (χ4v) is 0.428. The van der Waals surface area contributed by atoms with Gasteiger partial charge in [0.1, 0.15) is 5.75 Å². The molecule has 0 heterocycles. The molecule has 0 amide bonds. The number of allylic oxidation sites excluding steroid dienone is 2. The van der Waals surface area contributed by atoms with Gasteiger partial charge in [-0.3, -0.25) is 0 Å². The first-order valence-corrected chi connectivity index (χ1v) is 3.62. The molecule has 0 fully saturated rings. The molecule has 0 radical (unpaired) electrons. The second kappa shape index (κ2) is 9.76. The summed E-state index contributed by atoms with van der Waals surface area (Å²) in [6, 6.07) is 8.71. The van der Waals surface area contributed by atoms with Crippen molar-refractivity contribution in [2.75, 3.05) is 0 Å². The number of rotatable bonds is 0. The highest BCUT2D eigenvalue weighted by Gasteiger charge is 1.74. The first-order valence-electron chi connectivity index (χ1n) is 3.62. The molecule has 1 N–H and O–H groups in total. The van der Waals surface area contributed by atoms with Gasteiger partial charge in [-0.1, -0.05) is 37.8 Å². The minimum absolute atomic E-state index is 0. The average Bonchev–Trinajstić information content (AvgIpc) is 2.07. The van der Waals surface area contributed by atoms with E-state index < -0.39 is 0 Å². The van der Waals surface area contributed by atoms with E-state index in [4.69, 9.17) is 5.11 Å². The fraction of sp³-hybridized carbons (Fsp3) is 0.273. The van der Waals surface area contributed by atoms with Crippen LogP contribution in [-0.2, 0) is 0 Å². The monoisotopic (exact) mass is 166 g/mol. The van der Waals surface area contributed by atoms with Crippen molar-refractivity contribution in [3.8, 4) is 5.75 Å². The van der Waals surface area contributed by atoms with Crippen molar-refractivity contribution in [2.45, 2.75) is 21.3 Å². The SMILES string of the molecule is C.C/C=C/C.Oc1ccccc1. The smallest absolute Gasteiger partial charge is 0.115 e. The molecule has 0 saturated carbocycles. The Morgan fingerprint density at radius 1 is 1.00 bits per heavy atom. The third-order valence-electron chi connectivity index (χ3n) is 1.09. The van der Waals surface area contributed by atoms with E-state index in [9.17, 15) is 0 Å². The molecule has 68 valence electrons. The van der Waals surface area contributed by atoms with Gasteiger partial charge in [0.15, 0.2) is 0 Å². The molecule has 1 heteroatoms. The number of aromatic hydroxyl groups is 1. The molecule has 0 spiro atoms. The number of hydrogen-bond donors (Lipinski definition) is 1. The van der Waals surface area contributed by atoms with Crippen molar-refractivity contribution in [1.29, 1.82) is 0 Å². The summed E-state index contributed by atoms with van der Waals surface area (Å²) in [5, 5.41) is 8.63. The maximum Gasteiger partial charge on any atom is 0.115 e. The normalized spacial score (nSPS) is 8.17. The molecule has 1 aromatic rings. The molecule has 1 rings (SSSR count). The topological polar surface area (TPSA) is 20.2 Å². The first kappa shape index (κ1) is 13.4. The summed E-state index contributed by atoms with van der Waals surface area (Å²) in [6.07, 6.45) is 4.00. The molecule has 0 aliphatic carbocycles. The summed E-state index contributed by atoms with van der Waals surface area (Å²) < 4.78 is 0. The van der Waals surface area contributed by atoms with Crippen LogP contribution in [0, 0.1) is 0 Å². The lowest BCUT2D eigenvalue weighted by atomic mass is 10.3. The first-order chi connectivity index (χ1) is 5.31. The molecule has 0 aromatic heterocycles. The van der Waals surface area contributed by atoms with Gasteiger partial charge in [0.05, 0.1) is 0 Å². The summed E-state index contributed by atoms with van der Waals surface area (Å²) >= 11 is 0. The van der Waals surface area contributed by atoms with Gasteiger partial charge < -0.3 is 5.11 Å². The van der Waals surface area contributed by atoms with Crippen molar-refractivity contribution in [2.24, 2.45) is 0 Å². The number of benzene rings is 1. The zero-order valence-electron chi connectivity index (χ0n) is 6.99. The predicted octanol–water partition coefficient (Wildman–Crippen LogP) is 3.61. The summed E-state index contributed by atoms with van der Waals surface area (Å²) in [4.78, 5) is 0. The Morgan fingerprint density at radius 2 is 1.42 bits per heavy atom. The molecule has 12 heavy (non-hydrogen) atoms. The molecule has 1 nitrogen and oxygen atoms in total. The van der Waals surface area contributed by atoms with Gasteiger partial charge in [0.25, 0.3) is 0 Å². The largest absolute Gasteiger partial charge is 0.508 e. The van der Waals surface area contributed by atoms with E-state index in [1.165, 1.54) is 0 Å². The Balaban J connectivity index is 0. The Hall–Kier alpha value is -1.24. The van der Waals surface area contributed by atoms with Gasteiger partial charge in [-0.2, -0.15) is 0 Å². The maximum atomic E-state index is 8.63. The summed E-state index contributed by atoms with van der Waals surface area (Å²) in [5.41, 5.74) is 0. The Labute approximate surface area is 75.4 Å². The van der Waals surface area contributed by atoms with Gasteiger partial charge in [-0.25, -0.2) is 0 Å². The fourth-order valence-electron chi connectivity index (χ4n) is 0.428. The van der Waals surface area contributed by atoms with Crippen molar-refractivity contribution < 1.29 is 5.11 Å². The van der Waals surface area contributed by atoms with Crippen LogP contribution in [0.1, 0.15) is 21.3 Å². The Bertz CT molecular complexity index is 185. The number of para-hydroxylation sites is 1. The summed E-state index contributed by atoms with van der Waals surface area (Å²) in [7, 11) is 0. The molecule has 0 atom stereocenters. The molecule has 0 bridgehead atoms. The summed E-state index contributed by atoms with van der Waals surface area (Å²) in [5.74, 6) is 0.322. The third-order valence-corrected chi connectivity index (χ3v) is 1.09. The summed E-state index contributed by atoms with van der Waals surface area (Å²) in [6.45, 7) is 4.00. The van der Waals surface area contributed by atoms with Crippen LogP contribution in [0.4, 0.5) is 0 Å². The minimum atomic E-state index is 0. The van der Waals surface area contributed by atoms with Crippen molar-refractivity contribution in [1.82, 2.24) is 0 Å². The van der Waals surface area contributed by atoms with Crippen LogP contribution in [0.5, 0.6) is 5.75 Å². The van der Waals surface area contributed by atoms with Crippen LogP contribution >= 0.6 is 0 Å². The van der Waals surface area contributed by atoms with Crippen molar-refractivity contribution in [3.05, 3.63) is 42.5 Å². The average molecular weight is 166 g/mol. The molecule has 0 unspecified atom stereocenters. The highest BCUT2D eigenvalue weighted by atomic mass is 16.3. The van der Waals surface area contributed by atoms with E-state index in [-0.39, 0.29) is 7.43 Å². The van der Waals surface area contributed by atoms with Gasteiger partial charge in [0, 0.05) is 0 Å². The van der Waals surface area contributed by atoms with E-state index in [0.717, 1.165) is 0 Å². The third kappa shape index (κ3) is 8.76. The number of phenolic OH excluding ortho intramolecular Hbond substituents is 1. The lowest BCUT2D eigenvalue weighted by Crippen LogP contribution is -1.56. The molecular formula is C11H18O. The lowest BCUT2D eigenvalue weighted by Gasteiger charge is -1.82. The second-order valence-corrected chi connectivity index (χ2v) is 2.00. The van der Waals surface area contributed by atoms with E-state index in [1.807, 2.05) is 32.1 Å². The Morgan fingerprint density at radius 3 is 1.58 bits per heavy atom. The molecule has 1 aromatic carbocycles. The van der Waals surface area contributed by atoms with E-state index in [0.29, 0.717) is 5.75 Å². The highest BCUT2D eigenvalue weighted by Crippen LogP contribution is 2.02. The predicted molar refractivity (Wildman–Crippen MR) is 55.3 cm³/mol. The minimum Gasteiger partial charge on any atom is -0.508 e. The number of phenols is 1. The molecule has 0 saturated heterocycles. The van der Waals surface area contributed by atoms with E-state index >= 15 is 0 Å². The standard InChI is InChI=1S/C6H6O.C4H8.CH4/c7-6-4-2-1-3-5-6;1-3-4-2;/h1-5,7H;3-4H,1-2H3;1H4/b;4-3+;. The maximum absolute atomic E-state index is 8.63. The van der Waals surface area contributed by atoms with Crippen LogP contribution < -0.4 is 0 Å². The van der Waals surface area contributed by atoms with Crippen LogP contribution in [0.15, 0.2) is 42.5 Å². The van der Waals surface area contributed by atoms with Crippen LogP contribution in [0.3, 0.4) is 0 Å². The zero-order chi connectivity index (χ0) is 8.53. The highest BCUT2D eigenvalue weighted by molar-refractivity contribution is 5.18. The van der Waals surface area contributed by atoms with Gasteiger partial charge in [-0.05, 0) is 26.0 Å². The Kier molecular flexibility index (Phi) is 10.9. The van der Waals surface area contributed by atoms with Gasteiger partial charge >= 0.3 is 0 Å². The van der Waals surface area contributed by atoms with Crippen molar-refractivity contribution >= 4 is 0 Å². The van der Waals surface area contributed by atoms with Gasteiger partial charge in [0.2, 0.25) is 0 Å². The van der Waals surface area contributed by atoms with E-state index in [2.05, 4.69) is 0 Å². The van der Waals surface area contributed by atoms with Crippen LogP contribution in [-0.4, -0.2) is 5.11 Å². The van der Waals surface area contributed by atoms with Crippen LogP contribution in [0.2, 0.25) is 0 Å². The number of hydrogen-bond acceptors (Lipinski definition) is 1. The van der Waals surface area contributed by atoms with Crippen molar-refractivity contribution in [3.63, 3.8) is 0 Å². The van der Waals surface area contributed by atoms with E-state index in [1.54, 1.807) is 24.3 Å². The zero-order valence-corrected chi connectivity index (χ0v) is 6.99. The van der Waals surface area contributed by atoms with Crippen LogP contribution in [0.25, 0.3) is 0 Å². The lowest BCUT2D eigenvalue weighted by molar-refractivity contribution is 0.475. The molecule has 0 aliphatic heterocycles. The second-order valence-electron chi connectivity index (χ2n) is 2.00. The molecular weight excluding hydrogens is 148 g/mol. The molecule has 0 aliphatic rings.